The number of hydrogen-bond acceptors (Lipinski definition) is 3. The monoisotopic (exact) mass is 370 g/mol. The van der Waals surface area contributed by atoms with Gasteiger partial charge in [0.15, 0.2) is 0 Å². The molecule has 0 unspecified atom stereocenters. The lowest BCUT2D eigenvalue weighted by Crippen LogP contribution is -2.33. The molecule has 0 heterocycles. The predicted molar refractivity (Wildman–Crippen MR) is 91.8 cm³/mol. The molecule has 0 atom stereocenters. The summed E-state index contributed by atoms with van der Waals surface area (Å²) in [7, 11) is -3.65. The Morgan fingerprint density at radius 2 is 1.83 bits per heavy atom. The van der Waals surface area contributed by atoms with Gasteiger partial charge in [-0.2, -0.15) is 0 Å². The summed E-state index contributed by atoms with van der Waals surface area (Å²) in [6.07, 6.45) is 0. The number of hydrogen-bond donors (Lipinski definition) is 2. The highest BCUT2D eigenvalue weighted by Gasteiger charge is 2.14. The van der Waals surface area contributed by atoms with Gasteiger partial charge in [-0.25, -0.2) is 17.5 Å². The largest absolute Gasteiger partial charge is 0.325 e. The Morgan fingerprint density at radius 1 is 1.17 bits per heavy atom. The van der Waals surface area contributed by atoms with Gasteiger partial charge in [0.25, 0.3) is 0 Å². The highest BCUT2D eigenvalue weighted by molar-refractivity contribution is 7.88. The minimum absolute atomic E-state index is 0.132. The van der Waals surface area contributed by atoms with Gasteiger partial charge in [0.2, 0.25) is 15.9 Å². The minimum atomic E-state index is -3.65. The number of halogens is 2. The third kappa shape index (κ3) is 5.59. The maximum Gasteiger partial charge on any atom is 0.239 e. The van der Waals surface area contributed by atoms with Gasteiger partial charge in [-0.1, -0.05) is 41.4 Å². The van der Waals surface area contributed by atoms with Crippen molar-refractivity contribution in [1.82, 2.24) is 4.72 Å². The van der Waals surface area contributed by atoms with Gasteiger partial charge in [-0.3, -0.25) is 4.79 Å². The average molecular weight is 371 g/mol. The van der Waals surface area contributed by atoms with E-state index in [1.54, 1.807) is 12.1 Å². The summed E-state index contributed by atoms with van der Waals surface area (Å²) in [4.78, 5) is 11.8. The van der Waals surface area contributed by atoms with Crippen LogP contribution in [0.2, 0.25) is 5.02 Å². The van der Waals surface area contributed by atoms with E-state index in [0.717, 1.165) is 11.6 Å². The lowest BCUT2D eigenvalue weighted by Gasteiger charge is -2.08. The zero-order valence-electron chi connectivity index (χ0n) is 12.8. The van der Waals surface area contributed by atoms with Crippen molar-refractivity contribution in [2.45, 2.75) is 12.7 Å². The molecule has 0 radical (unpaired) electrons. The molecule has 8 heteroatoms. The molecule has 5 nitrogen and oxygen atoms in total. The Kier molecular flexibility index (Phi) is 5.93. The summed E-state index contributed by atoms with van der Waals surface area (Å²) in [5.41, 5.74) is 1.93. The zero-order chi connectivity index (χ0) is 17.7. The number of carbonyl (C=O) groups is 1. The average Bonchev–Trinajstić information content (AvgIpc) is 2.51. The quantitative estimate of drug-likeness (QED) is 0.821. The van der Waals surface area contributed by atoms with Crippen LogP contribution in [0.15, 0.2) is 42.5 Å². The fourth-order valence-electron chi connectivity index (χ4n) is 1.91. The van der Waals surface area contributed by atoms with Crippen molar-refractivity contribution in [2.24, 2.45) is 0 Å². The maximum atomic E-state index is 13.0. The summed E-state index contributed by atoms with van der Waals surface area (Å²) >= 11 is 5.61. The lowest BCUT2D eigenvalue weighted by molar-refractivity contribution is -0.115. The highest BCUT2D eigenvalue weighted by atomic mass is 35.5. The fraction of sp³-hybridized carbons (Fsp3) is 0.188. The molecule has 2 aromatic carbocycles. The van der Waals surface area contributed by atoms with Crippen molar-refractivity contribution in [3.63, 3.8) is 0 Å². The second kappa shape index (κ2) is 7.74. The predicted octanol–water partition coefficient (Wildman–Crippen LogP) is 2.85. The third-order valence-electron chi connectivity index (χ3n) is 3.13. The van der Waals surface area contributed by atoms with Crippen LogP contribution in [0.5, 0.6) is 0 Å². The number of benzene rings is 2. The second-order valence-electron chi connectivity index (χ2n) is 5.24. The van der Waals surface area contributed by atoms with E-state index in [2.05, 4.69) is 10.0 Å². The van der Waals surface area contributed by atoms with Gasteiger partial charge in [0.1, 0.15) is 5.82 Å². The molecular formula is C16H16ClFN2O3S. The Bertz CT molecular complexity index is 839. The van der Waals surface area contributed by atoms with E-state index in [1.807, 2.05) is 19.1 Å². The second-order valence-corrected chi connectivity index (χ2v) is 7.46. The van der Waals surface area contributed by atoms with Crippen molar-refractivity contribution in [2.75, 3.05) is 11.9 Å². The van der Waals surface area contributed by atoms with Crippen LogP contribution in [0, 0.1) is 12.7 Å². The Balaban J connectivity index is 1.89. The van der Waals surface area contributed by atoms with Crippen molar-refractivity contribution in [1.29, 1.82) is 0 Å². The number of nitrogens with one attached hydrogen (secondary N) is 2. The fourth-order valence-corrected chi connectivity index (χ4v) is 3.17. The van der Waals surface area contributed by atoms with Gasteiger partial charge in [-0.05, 0) is 30.7 Å². The molecule has 0 aliphatic carbocycles. The summed E-state index contributed by atoms with van der Waals surface area (Å²) < 4.78 is 39.2. The first-order valence-electron chi connectivity index (χ1n) is 7.03. The lowest BCUT2D eigenvalue weighted by atomic mass is 10.2. The summed E-state index contributed by atoms with van der Waals surface area (Å²) in [6, 6.07) is 10.8. The van der Waals surface area contributed by atoms with E-state index in [9.17, 15) is 17.6 Å². The van der Waals surface area contributed by atoms with E-state index in [4.69, 9.17) is 11.6 Å². The SMILES string of the molecule is Cc1ccc(CS(=O)(=O)NCC(=O)Nc2ccc(F)c(Cl)c2)cc1. The van der Waals surface area contributed by atoms with E-state index < -0.39 is 28.3 Å². The Hall–Kier alpha value is -1.96. The number of sulfonamides is 1. The van der Waals surface area contributed by atoms with Crippen LogP contribution in [0.4, 0.5) is 10.1 Å². The van der Waals surface area contributed by atoms with Crippen LogP contribution in [0.25, 0.3) is 0 Å². The molecule has 2 rings (SSSR count). The first kappa shape index (κ1) is 18.4. The molecule has 1 amide bonds. The number of aryl methyl sites for hydroxylation is 1. The van der Waals surface area contributed by atoms with Crippen molar-refractivity contribution in [3.05, 3.63) is 64.4 Å². The molecule has 0 saturated heterocycles. The number of anilines is 1. The van der Waals surface area contributed by atoms with Crippen molar-refractivity contribution in [3.8, 4) is 0 Å². The highest BCUT2D eigenvalue weighted by Crippen LogP contribution is 2.19. The van der Waals surface area contributed by atoms with Gasteiger partial charge >= 0.3 is 0 Å². The van der Waals surface area contributed by atoms with Crippen LogP contribution in [0.1, 0.15) is 11.1 Å². The molecule has 24 heavy (non-hydrogen) atoms. The van der Waals surface area contributed by atoms with Crippen LogP contribution in [-0.2, 0) is 20.6 Å². The molecule has 0 saturated carbocycles. The van der Waals surface area contributed by atoms with Crippen LogP contribution in [-0.4, -0.2) is 20.9 Å². The number of amides is 1. The molecule has 2 aromatic rings. The molecule has 128 valence electrons. The first-order chi connectivity index (χ1) is 11.2. The first-order valence-corrected chi connectivity index (χ1v) is 9.06. The molecule has 2 N–H and O–H groups in total. The van der Waals surface area contributed by atoms with Gasteiger partial charge in [-0.15, -0.1) is 0 Å². The molecule has 0 aromatic heterocycles. The summed E-state index contributed by atoms with van der Waals surface area (Å²) in [5.74, 6) is -1.40. The van der Waals surface area contributed by atoms with Crippen LogP contribution < -0.4 is 10.0 Å². The molecule has 0 aliphatic heterocycles. The van der Waals surface area contributed by atoms with E-state index >= 15 is 0 Å². The molecule has 0 aliphatic rings. The van der Waals surface area contributed by atoms with E-state index in [1.165, 1.54) is 12.1 Å². The molecule has 0 fully saturated rings. The Morgan fingerprint density at radius 3 is 2.46 bits per heavy atom. The number of carbonyl (C=O) groups excluding carboxylic acids is 1. The smallest absolute Gasteiger partial charge is 0.239 e. The summed E-state index contributed by atoms with van der Waals surface area (Å²) in [6.45, 7) is 1.48. The van der Waals surface area contributed by atoms with E-state index in [-0.39, 0.29) is 16.5 Å². The van der Waals surface area contributed by atoms with Crippen molar-refractivity contribution >= 4 is 33.2 Å². The molecule has 0 spiro atoms. The van der Waals surface area contributed by atoms with Gasteiger partial charge < -0.3 is 5.32 Å². The van der Waals surface area contributed by atoms with Crippen LogP contribution in [0.3, 0.4) is 0 Å². The normalized spacial score (nSPS) is 11.3. The molecular weight excluding hydrogens is 355 g/mol. The minimum Gasteiger partial charge on any atom is -0.325 e. The standard InChI is InChI=1S/C16H16ClFN2O3S/c1-11-2-4-12(5-3-11)10-24(22,23)19-9-16(21)20-13-6-7-15(18)14(17)8-13/h2-8,19H,9-10H2,1H3,(H,20,21). The topological polar surface area (TPSA) is 75.3 Å². The Labute approximate surface area is 144 Å². The van der Waals surface area contributed by atoms with E-state index in [0.29, 0.717) is 5.56 Å². The number of rotatable bonds is 6. The van der Waals surface area contributed by atoms with Crippen molar-refractivity contribution < 1.29 is 17.6 Å². The maximum absolute atomic E-state index is 13.0. The summed E-state index contributed by atoms with van der Waals surface area (Å²) in [5, 5.41) is 2.31. The van der Waals surface area contributed by atoms with Gasteiger partial charge in [0, 0.05) is 5.69 Å². The third-order valence-corrected chi connectivity index (χ3v) is 4.72. The zero-order valence-corrected chi connectivity index (χ0v) is 14.4. The molecule has 0 bridgehead atoms. The van der Waals surface area contributed by atoms with Gasteiger partial charge in [0.05, 0.1) is 17.3 Å². The van der Waals surface area contributed by atoms with Crippen LogP contribution >= 0.6 is 11.6 Å².